The van der Waals surface area contributed by atoms with Crippen molar-refractivity contribution < 1.29 is 4.79 Å². The number of fused-ring (bicyclic) bond motifs is 1. The van der Waals surface area contributed by atoms with Gasteiger partial charge in [-0.1, -0.05) is 23.7 Å². The number of ketones is 1. The van der Waals surface area contributed by atoms with Crippen LogP contribution in [-0.2, 0) is 0 Å². The van der Waals surface area contributed by atoms with E-state index in [-0.39, 0.29) is 11.8 Å². The number of nitrogens with zero attached hydrogens (tertiary/aromatic N) is 2. The minimum Gasteiger partial charge on any atom is -0.294 e. The maximum atomic E-state index is 11.5. The molecular weight excluding hydrogens is 224 g/mol. The van der Waals surface area contributed by atoms with E-state index in [1.165, 1.54) is 6.92 Å². The van der Waals surface area contributed by atoms with Gasteiger partial charge in [-0.15, -0.1) is 0 Å². The molecule has 0 saturated heterocycles. The fraction of sp³-hybridized carbons (Fsp3) is 0.333. The van der Waals surface area contributed by atoms with E-state index in [0.29, 0.717) is 10.7 Å². The maximum absolute atomic E-state index is 11.5. The van der Waals surface area contributed by atoms with Gasteiger partial charge in [0.2, 0.25) is 0 Å². The summed E-state index contributed by atoms with van der Waals surface area (Å²) < 4.78 is 1.84. The van der Waals surface area contributed by atoms with Gasteiger partial charge in [0.05, 0.1) is 5.52 Å². The van der Waals surface area contributed by atoms with Gasteiger partial charge in [-0.3, -0.25) is 9.48 Å². The SMILES string of the molecule is CC(=O)c1cccc2c1c(Cl)nn2C(C)C. The van der Waals surface area contributed by atoms with Gasteiger partial charge in [0, 0.05) is 17.0 Å². The number of rotatable bonds is 2. The number of Topliss-reactive ketones (excluding diaryl/α,β-unsaturated/α-hetero) is 1. The van der Waals surface area contributed by atoms with Gasteiger partial charge in [-0.25, -0.2) is 0 Å². The van der Waals surface area contributed by atoms with E-state index in [2.05, 4.69) is 5.10 Å². The smallest absolute Gasteiger partial charge is 0.160 e. The number of hydrogen-bond acceptors (Lipinski definition) is 2. The number of aromatic nitrogens is 2. The molecule has 1 aromatic carbocycles. The molecule has 0 bridgehead atoms. The Morgan fingerprint density at radius 2 is 2.12 bits per heavy atom. The first-order chi connectivity index (χ1) is 7.52. The Labute approximate surface area is 99.0 Å². The molecule has 0 atom stereocenters. The normalized spacial score (nSPS) is 11.3. The lowest BCUT2D eigenvalue weighted by Gasteiger charge is -2.06. The topological polar surface area (TPSA) is 34.9 Å². The van der Waals surface area contributed by atoms with Crippen molar-refractivity contribution in [2.24, 2.45) is 0 Å². The van der Waals surface area contributed by atoms with Crippen molar-refractivity contribution in [3.8, 4) is 0 Å². The molecule has 0 fully saturated rings. The van der Waals surface area contributed by atoms with Gasteiger partial charge in [-0.05, 0) is 26.8 Å². The monoisotopic (exact) mass is 236 g/mol. The molecule has 0 unspecified atom stereocenters. The van der Waals surface area contributed by atoms with E-state index in [9.17, 15) is 4.79 Å². The second-order valence-electron chi connectivity index (χ2n) is 4.09. The van der Waals surface area contributed by atoms with E-state index < -0.39 is 0 Å². The third-order valence-electron chi connectivity index (χ3n) is 2.56. The molecular formula is C12H13ClN2O. The van der Waals surface area contributed by atoms with Crippen molar-refractivity contribution >= 4 is 28.3 Å². The third kappa shape index (κ3) is 1.61. The van der Waals surface area contributed by atoms with Gasteiger partial charge in [0.15, 0.2) is 10.9 Å². The zero-order valence-corrected chi connectivity index (χ0v) is 10.2. The summed E-state index contributed by atoms with van der Waals surface area (Å²) in [5.41, 5.74) is 1.54. The van der Waals surface area contributed by atoms with E-state index in [4.69, 9.17) is 11.6 Å². The quantitative estimate of drug-likeness (QED) is 0.749. The van der Waals surface area contributed by atoms with Crippen molar-refractivity contribution in [1.29, 1.82) is 0 Å². The molecule has 16 heavy (non-hydrogen) atoms. The largest absolute Gasteiger partial charge is 0.294 e. The Balaban J connectivity index is 2.84. The van der Waals surface area contributed by atoms with Crippen molar-refractivity contribution in [3.05, 3.63) is 28.9 Å². The van der Waals surface area contributed by atoms with Gasteiger partial charge in [0.25, 0.3) is 0 Å². The van der Waals surface area contributed by atoms with Crippen LogP contribution in [-0.4, -0.2) is 15.6 Å². The molecule has 0 aliphatic carbocycles. The summed E-state index contributed by atoms with van der Waals surface area (Å²) in [4.78, 5) is 11.5. The molecule has 1 heterocycles. The van der Waals surface area contributed by atoms with Crippen molar-refractivity contribution in [2.45, 2.75) is 26.8 Å². The average molecular weight is 237 g/mol. The van der Waals surface area contributed by atoms with Crippen LogP contribution in [0.2, 0.25) is 5.15 Å². The lowest BCUT2D eigenvalue weighted by atomic mass is 10.1. The number of halogens is 1. The molecule has 84 valence electrons. The maximum Gasteiger partial charge on any atom is 0.160 e. The molecule has 3 nitrogen and oxygen atoms in total. The van der Waals surface area contributed by atoms with Crippen LogP contribution in [0.5, 0.6) is 0 Å². The molecule has 1 aromatic heterocycles. The molecule has 0 aliphatic heterocycles. The van der Waals surface area contributed by atoms with Crippen LogP contribution in [0.3, 0.4) is 0 Å². The number of hydrogen-bond donors (Lipinski definition) is 0. The lowest BCUT2D eigenvalue weighted by Crippen LogP contribution is -2.02. The molecule has 2 aromatic rings. The zero-order valence-electron chi connectivity index (χ0n) is 9.49. The second kappa shape index (κ2) is 3.91. The zero-order chi connectivity index (χ0) is 11.9. The Hall–Kier alpha value is -1.35. The first-order valence-electron chi connectivity index (χ1n) is 5.20. The van der Waals surface area contributed by atoms with Gasteiger partial charge in [-0.2, -0.15) is 5.10 Å². The first-order valence-corrected chi connectivity index (χ1v) is 5.58. The highest BCUT2D eigenvalue weighted by Crippen LogP contribution is 2.28. The standard InChI is InChI=1S/C12H13ClN2O/c1-7(2)15-10-6-4-5-9(8(3)16)11(10)12(13)14-15/h4-7H,1-3H3. The van der Waals surface area contributed by atoms with Crippen molar-refractivity contribution in [2.75, 3.05) is 0 Å². The van der Waals surface area contributed by atoms with Gasteiger partial charge >= 0.3 is 0 Å². The van der Waals surface area contributed by atoms with Gasteiger partial charge < -0.3 is 0 Å². The summed E-state index contributed by atoms with van der Waals surface area (Å²) in [5, 5.41) is 5.41. The molecule has 4 heteroatoms. The van der Waals surface area contributed by atoms with Crippen LogP contribution in [0, 0.1) is 0 Å². The minimum absolute atomic E-state index is 0.0100. The molecule has 0 amide bonds. The van der Waals surface area contributed by atoms with Crippen LogP contribution < -0.4 is 0 Å². The molecule has 0 spiro atoms. The molecule has 0 radical (unpaired) electrons. The van der Waals surface area contributed by atoms with Crippen molar-refractivity contribution in [3.63, 3.8) is 0 Å². The first kappa shape index (κ1) is 11.1. The fourth-order valence-electron chi connectivity index (χ4n) is 1.83. The van der Waals surface area contributed by atoms with Crippen LogP contribution in [0.4, 0.5) is 0 Å². The summed E-state index contributed by atoms with van der Waals surface area (Å²) in [7, 11) is 0. The Kier molecular flexibility index (Phi) is 2.72. The fourth-order valence-corrected chi connectivity index (χ4v) is 2.11. The summed E-state index contributed by atoms with van der Waals surface area (Å²) in [6.45, 7) is 5.60. The predicted octanol–water partition coefficient (Wildman–Crippen LogP) is 3.47. The molecule has 0 N–H and O–H groups in total. The van der Waals surface area contributed by atoms with E-state index in [0.717, 1.165) is 10.9 Å². The minimum atomic E-state index is 0.0100. The highest BCUT2D eigenvalue weighted by molar-refractivity contribution is 6.35. The number of benzene rings is 1. The van der Waals surface area contributed by atoms with Crippen molar-refractivity contribution in [1.82, 2.24) is 9.78 Å². The second-order valence-corrected chi connectivity index (χ2v) is 4.44. The van der Waals surface area contributed by atoms with Gasteiger partial charge in [0.1, 0.15) is 0 Å². The van der Waals surface area contributed by atoms with E-state index >= 15 is 0 Å². The van der Waals surface area contributed by atoms with Crippen LogP contribution >= 0.6 is 11.6 Å². The highest BCUT2D eigenvalue weighted by Gasteiger charge is 2.15. The van der Waals surface area contributed by atoms with E-state index in [1.807, 2.05) is 30.7 Å². The number of carbonyl (C=O) groups is 1. The average Bonchev–Trinajstić information content (AvgIpc) is 2.56. The van der Waals surface area contributed by atoms with E-state index in [1.54, 1.807) is 6.07 Å². The summed E-state index contributed by atoms with van der Waals surface area (Å²) >= 11 is 6.09. The summed E-state index contributed by atoms with van der Waals surface area (Å²) in [6.07, 6.45) is 0. The summed E-state index contributed by atoms with van der Waals surface area (Å²) in [6, 6.07) is 5.79. The predicted molar refractivity (Wildman–Crippen MR) is 65.1 cm³/mol. The number of carbonyl (C=O) groups excluding carboxylic acids is 1. The van der Waals surface area contributed by atoms with Crippen LogP contribution in [0.25, 0.3) is 10.9 Å². The Morgan fingerprint density at radius 3 is 2.69 bits per heavy atom. The molecule has 0 saturated carbocycles. The molecule has 2 rings (SSSR count). The third-order valence-corrected chi connectivity index (χ3v) is 2.82. The molecule has 0 aliphatic rings. The lowest BCUT2D eigenvalue weighted by molar-refractivity contribution is 0.101. The summed E-state index contributed by atoms with van der Waals surface area (Å²) in [5.74, 6) is 0.0100. The van der Waals surface area contributed by atoms with Crippen LogP contribution in [0.1, 0.15) is 37.2 Å². The van der Waals surface area contributed by atoms with Crippen LogP contribution in [0.15, 0.2) is 18.2 Å². The Bertz CT molecular complexity index is 557. The highest BCUT2D eigenvalue weighted by atomic mass is 35.5. The Morgan fingerprint density at radius 1 is 1.44 bits per heavy atom.